The second-order valence-electron chi connectivity index (χ2n) is 6.90. The monoisotopic (exact) mass is 302 g/mol. The molecule has 1 aliphatic heterocycles. The van der Waals surface area contributed by atoms with Crippen molar-refractivity contribution >= 4 is 11.7 Å². The van der Waals surface area contributed by atoms with Gasteiger partial charge in [-0.1, -0.05) is 18.6 Å². The van der Waals surface area contributed by atoms with E-state index in [1.165, 1.54) is 5.69 Å². The van der Waals surface area contributed by atoms with E-state index in [0.717, 1.165) is 51.0 Å². The van der Waals surface area contributed by atoms with E-state index in [1.807, 2.05) is 12.1 Å². The second-order valence-corrected chi connectivity index (χ2v) is 6.90. The number of carboxylic acids is 1. The molecule has 1 heterocycles. The molecule has 1 aromatic rings. The Kier molecular flexibility index (Phi) is 4.13. The zero-order valence-corrected chi connectivity index (χ0v) is 13.6. The molecule has 0 spiro atoms. The highest BCUT2D eigenvalue weighted by Gasteiger charge is 2.45. The molecular formula is C18H26N2O2. The summed E-state index contributed by atoms with van der Waals surface area (Å²) in [5, 5.41) is 9.52. The largest absolute Gasteiger partial charge is 0.481 e. The van der Waals surface area contributed by atoms with Crippen molar-refractivity contribution in [2.24, 2.45) is 0 Å². The average Bonchev–Trinajstić information content (AvgIpc) is 2.46. The van der Waals surface area contributed by atoms with Crippen LogP contribution in [0.4, 0.5) is 5.69 Å². The molecule has 1 saturated carbocycles. The SMILES string of the molecule is CC(C)N1CCN(c2ccc(C3(C(=O)O)CCC3)cc2)CC1. The van der Waals surface area contributed by atoms with Gasteiger partial charge < -0.3 is 10.0 Å². The number of hydrogen-bond donors (Lipinski definition) is 1. The average molecular weight is 302 g/mol. The first-order valence-electron chi connectivity index (χ1n) is 8.36. The Morgan fingerprint density at radius 2 is 1.68 bits per heavy atom. The van der Waals surface area contributed by atoms with Gasteiger partial charge in [0.15, 0.2) is 0 Å². The van der Waals surface area contributed by atoms with Crippen LogP contribution in [0.2, 0.25) is 0 Å². The first-order chi connectivity index (χ1) is 10.5. The van der Waals surface area contributed by atoms with Crippen LogP contribution < -0.4 is 4.90 Å². The standard InChI is InChI=1S/C18H26N2O2/c1-14(2)19-10-12-20(13-11-19)16-6-4-15(5-7-16)18(17(21)22)8-3-9-18/h4-7,14H,3,8-13H2,1-2H3,(H,21,22). The maximum atomic E-state index is 11.6. The Bertz CT molecular complexity index is 527. The fourth-order valence-corrected chi connectivity index (χ4v) is 3.64. The molecule has 0 aromatic heterocycles. The third-order valence-corrected chi connectivity index (χ3v) is 5.45. The Morgan fingerprint density at radius 3 is 2.09 bits per heavy atom. The number of carboxylic acid groups (broad SMARTS) is 1. The van der Waals surface area contributed by atoms with E-state index in [-0.39, 0.29) is 0 Å². The van der Waals surface area contributed by atoms with Gasteiger partial charge >= 0.3 is 5.97 Å². The summed E-state index contributed by atoms with van der Waals surface area (Å²) in [6.45, 7) is 8.77. The zero-order chi connectivity index (χ0) is 15.7. The number of nitrogens with zero attached hydrogens (tertiary/aromatic N) is 2. The summed E-state index contributed by atoms with van der Waals surface area (Å²) in [7, 11) is 0. The highest BCUT2D eigenvalue weighted by molar-refractivity contribution is 5.82. The van der Waals surface area contributed by atoms with E-state index in [9.17, 15) is 9.90 Å². The predicted molar refractivity (Wildman–Crippen MR) is 88.5 cm³/mol. The summed E-state index contributed by atoms with van der Waals surface area (Å²) in [5.41, 5.74) is 1.57. The van der Waals surface area contributed by atoms with E-state index in [4.69, 9.17) is 0 Å². The third kappa shape index (κ3) is 2.60. The first-order valence-corrected chi connectivity index (χ1v) is 8.36. The highest BCUT2D eigenvalue weighted by atomic mass is 16.4. The second kappa shape index (κ2) is 5.92. The normalized spacial score (nSPS) is 21.7. The van der Waals surface area contributed by atoms with Crippen molar-refractivity contribution < 1.29 is 9.90 Å². The van der Waals surface area contributed by atoms with Crippen molar-refractivity contribution in [1.82, 2.24) is 4.90 Å². The van der Waals surface area contributed by atoms with Crippen LogP contribution in [0.25, 0.3) is 0 Å². The van der Waals surface area contributed by atoms with Gasteiger partial charge in [0.25, 0.3) is 0 Å². The van der Waals surface area contributed by atoms with Crippen molar-refractivity contribution in [3.63, 3.8) is 0 Å². The van der Waals surface area contributed by atoms with Gasteiger partial charge in [0.05, 0.1) is 5.41 Å². The fraction of sp³-hybridized carbons (Fsp3) is 0.611. The van der Waals surface area contributed by atoms with Crippen LogP contribution in [0.3, 0.4) is 0 Å². The molecule has 22 heavy (non-hydrogen) atoms. The van der Waals surface area contributed by atoms with Crippen LogP contribution in [-0.2, 0) is 10.2 Å². The zero-order valence-electron chi connectivity index (χ0n) is 13.6. The van der Waals surface area contributed by atoms with Crippen LogP contribution in [0, 0.1) is 0 Å². The maximum absolute atomic E-state index is 11.6. The first kappa shape index (κ1) is 15.3. The van der Waals surface area contributed by atoms with Gasteiger partial charge in [-0.3, -0.25) is 9.69 Å². The molecule has 1 aliphatic carbocycles. The molecule has 1 aromatic carbocycles. The van der Waals surface area contributed by atoms with Crippen molar-refractivity contribution in [2.45, 2.75) is 44.6 Å². The summed E-state index contributed by atoms with van der Waals surface area (Å²) in [5.74, 6) is -0.669. The Labute approximate surface area is 132 Å². The molecular weight excluding hydrogens is 276 g/mol. The third-order valence-electron chi connectivity index (χ3n) is 5.45. The van der Waals surface area contributed by atoms with Gasteiger partial charge in [-0.25, -0.2) is 0 Å². The lowest BCUT2D eigenvalue weighted by atomic mass is 9.64. The molecule has 0 bridgehead atoms. The molecule has 0 unspecified atom stereocenters. The molecule has 1 N–H and O–H groups in total. The van der Waals surface area contributed by atoms with Gasteiger partial charge in [0, 0.05) is 37.9 Å². The number of carbonyl (C=O) groups is 1. The van der Waals surface area contributed by atoms with Crippen molar-refractivity contribution in [2.75, 3.05) is 31.1 Å². The Morgan fingerprint density at radius 1 is 1.09 bits per heavy atom. The fourth-order valence-electron chi connectivity index (χ4n) is 3.64. The maximum Gasteiger partial charge on any atom is 0.314 e. The lowest BCUT2D eigenvalue weighted by Crippen LogP contribution is -2.49. The smallest absolute Gasteiger partial charge is 0.314 e. The molecule has 0 atom stereocenters. The van der Waals surface area contributed by atoms with Crippen LogP contribution in [0.1, 0.15) is 38.7 Å². The van der Waals surface area contributed by atoms with E-state index in [1.54, 1.807) is 0 Å². The molecule has 1 saturated heterocycles. The summed E-state index contributed by atoms with van der Waals surface area (Å²) in [6.07, 6.45) is 2.56. The van der Waals surface area contributed by atoms with E-state index >= 15 is 0 Å². The lowest BCUT2D eigenvalue weighted by molar-refractivity contribution is -0.147. The number of aliphatic carboxylic acids is 1. The summed E-state index contributed by atoms with van der Waals surface area (Å²) < 4.78 is 0. The van der Waals surface area contributed by atoms with Crippen LogP contribution in [-0.4, -0.2) is 48.2 Å². The van der Waals surface area contributed by atoms with Gasteiger partial charge in [0.1, 0.15) is 0 Å². The Hall–Kier alpha value is -1.55. The number of hydrogen-bond acceptors (Lipinski definition) is 3. The molecule has 3 rings (SSSR count). The summed E-state index contributed by atoms with van der Waals surface area (Å²) in [6, 6.07) is 8.86. The van der Waals surface area contributed by atoms with Crippen LogP contribution in [0.5, 0.6) is 0 Å². The topological polar surface area (TPSA) is 43.8 Å². The van der Waals surface area contributed by atoms with Gasteiger partial charge in [0.2, 0.25) is 0 Å². The molecule has 2 fully saturated rings. The lowest BCUT2D eigenvalue weighted by Gasteiger charge is -2.39. The van der Waals surface area contributed by atoms with E-state index in [2.05, 4.69) is 35.8 Å². The number of piperazine rings is 1. The highest BCUT2D eigenvalue weighted by Crippen LogP contribution is 2.44. The Balaban J connectivity index is 1.69. The molecule has 2 aliphatic rings. The van der Waals surface area contributed by atoms with Crippen molar-refractivity contribution in [1.29, 1.82) is 0 Å². The summed E-state index contributed by atoms with van der Waals surface area (Å²) >= 11 is 0. The predicted octanol–water partition coefficient (Wildman–Crippen LogP) is 2.72. The molecule has 120 valence electrons. The van der Waals surface area contributed by atoms with Crippen LogP contribution >= 0.6 is 0 Å². The van der Waals surface area contributed by atoms with Crippen molar-refractivity contribution in [3.8, 4) is 0 Å². The number of rotatable bonds is 4. The number of anilines is 1. The minimum Gasteiger partial charge on any atom is -0.481 e. The van der Waals surface area contributed by atoms with Gasteiger partial charge in [-0.15, -0.1) is 0 Å². The molecule has 4 heteroatoms. The number of benzene rings is 1. The summed E-state index contributed by atoms with van der Waals surface area (Å²) in [4.78, 5) is 16.5. The molecule has 0 radical (unpaired) electrons. The molecule has 4 nitrogen and oxygen atoms in total. The minimum absolute atomic E-state index is 0.610. The minimum atomic E-state index is -0.669. The van der Waals surface area contributed by atoms with Crippen molar-refractivity contribution in [3.05, 3.63) is 29.8 Å². The quantitative estimate of drug-likeness (QED) is 0.929. The molecule has 0 amide bonds. The van der Waals surface area contributed by atoms with Crippen LogP contribution in [0.15, 0.2) is 24.3 Å². The van der Waals surface area contributed by atoms with E-state index < -0.39 is 11.4 Å². The van der Waals surface area contributed by atoms with Gasteiger partial charge in [-0.2, -0.15) is 0 Å². The van der Waals surface area contributed by atoms with E-state index in [0.29, 0.717) is 6.04 Å². The van der Waals surface area contributed by atoms with Gasteiger partial charge in [-0.05, 0) is 44.4 Å².